The molecule has 2 rings (SSSR count). The molecule has 1 aromatic rings. The molecule has 0 aromatic heterocycles. The molecule has 1 unspecified atom stereocenters. The molecule has 0 radical (unpaired) electrons. The zero-order valence-corrected chi connectivity index (χ0v) is 12.6. The Morgan fingerprint density at radius 2 is 1.85 bits per heavy atom. The van der Waals surface area contributed by atoms with E-state index in [2.05, 4.69) is 35.2 Å². The summed E-state index contributed by atoms with van der Waals surface area (Å²) in [6.45, 7) is 9.49. The molecule has 0 aliphatic carbocycles. The van der Waals surface area contributed by atoms with Crippen molar-refractivity contribution in [3.05, 3.63) is 30.3 Å². The molecule has 1 heterocycles. The highest BCUT2D eigenvalue weighted by molar-refractivity contribution is 5.45. The highest BCUT2D eigenvalue weighted by atomic mass is 16.5. The molecule has 4 nitrogen and oxygen atoms in total. The van der Waals surface area contributed by atoms with Gasteiger partial charge in [-0.25, -0.2) is 0 Å². The Bertz CT molecular complexity index is 375. The molecule has 1 atom stereocenters. The Hall–Kier alpha value is -1.10. The average Bonchev–Trinajstić information content (AvgIpc) is 2.47. The summed E-state index contributed by atoms with van der Waals surface area (Å²) >= 11 is 0. The van der Waals surface area contributed by atoms with E-state index in [1.54, 1.807) is 0 Å². The maximum atomic E-state index is 9.97. The summed E-state index contributed by atoms with van der Waals surface area (Å²) in [5.41, 5.74) is 1.30. The smallest absolute Gasteiger partial charge is 0.126 e. The first kappa shape index (κ1) is 15.3. The van der Waals surface area contributed by atoms with Crippen molar-refractivity contribution in [1.82, 2.24) is 0 Å². The summed E-state index contributed by atoms with van der Waals surface area (Å²) < 4.78 is 5.46. The number of quaternary nitrogens is 1. The van der Waals surface area contributed by atoms with Crippen LogP contribution >= 0.6 is 0 Å². The molecule has 1 aliphatic rings. The van der Waals surface area contributed by atoms with Crippen molar-refractivity contribution in [1.29, 1.82) is 0 Å². The lowest BCUT2D eigenvalue weighted by atomic mass is 10.2. The van der Waals surface area contributed by atoms with Gasteiger partial charge in [-0.1, -0.05) is 18.2 Å². The second kappa shape index (κ2) is 7.62. The normalized spacial score (nSPS) is 18.5. The number of piperazine rings is 1. The van der Waals surface area contributed by atoms with E-state index in [9.17, 15) is 5.11 Å². The van der Waals surface area contributed by atoms with Gasteiger partial charge >= 0.3 is 0 Å². The highest BCUT2D eigenvalue weighted by Gasteiger charge is 2.22. The van der Waals surface area contributed by atoms with Crippen molar-refractivity contribution in [3.8, 4) is 0 Å². The summed E-state index contributed by atoms with van der Waals surface area (Å²) in [7, 11) is 0. The predicted octanol–water partition coefficient (Wildman–Crippen LogP) is 0.177. The maximum absolute atomic E-state index is 9.97. The summed E-state index contributed by atoms with van der Waals surface area (Å²) in [5, 5.41) is 9.97. The van der Waals surface area contributed by atoms with E-state index in [0.717, 1.165) is 32.7 Å². The number of nitrogens with one attached hydrogen (secondary N) is 1. The Balaban J connectivity index is 1.71. The fourth-order valence-electron chi connectivity index (χ4n) is 2.62. The zero-order valence-electron chi connectivity index (χ0n) is 12.6. The van der Waals surface area contributed by atoms with E-state index in [4.69, 9.17) is 4.74 Å². The first-order chi connectivity index (χ1) is 9.65. The van der Waals surface area contributed by atoms with E-state index < -0.39 is 0 Å². The van der Waals surface area contributed by atoms with Gasteiger partial charge in [0.1, 0.15) is 12.6 Å². The SMILES string of the molecule is CC(C)OCC(O)C[NH+]1CCN(c2ccccc2)CC1. The number of nitrogens with zero attached hydrogens (tertiary/aromatic N) is 1. The van der Waals surface area contributed by atoms with E-state index in [-0.39, 0.29) is 12.2 Å². The van der Waals surface area contributed by atoms with Crippen LogP contribution in [0.2, 0.25) is 0 Å². The van der Waals surface area contributed by atoms with Crippen molar-refractivity contribution in [2.24, 2.45) is 0 Å². The molecule has 0 bridgehead atoms. The molecule has 0 saturated carbocycles. The number of aliphatic hydroxyl groups is 1. The number of para-hydroxylation sites is 1. The number of ether oxygens (including phenoxy) is 1. The molecule has 0 spiro atoms. The van der Waals surface area contributed by atoms with E-state index in [1.165, 1.54) is 10.6 Å². The van der Waals surface area contributed by atoms with Gasteiger partial charge in [0.25, 0.3) is 0 Å². The fourth-order valence-corrected chi connectivity index (χ4v) is 2.62. The fraction of sp³-hybridized carbons (Fsp3) is 0.625. The maximum Gasteiger partial charge on any atom is 0.126 e. The molecule has 112 valence electrons. The van der Waals surface area contributed by atoms with Gasteiger partial charge in [-0.3, -0.25) is 0 Å². The number of hydrogen-bond donors (Lipinski definition) is 2. The van der Waals surface area contributed by atoms with Gasteiger partial charge in [0.2, 0.25) is 0 Å². The predicted molar refractivity (Wildman–Crippen MR) is 81.3 cm³/mol. The van der Waals surface area contributed by atoms with E-state index in [1.807, 2.05) is 13.8 Å². The third-order valence-corrected chi connectivity index (χ3v) is 3.74. The van der Waals surface area contributed by atoms with Crippen LogP contribution in [0.4, 0.5) is 5.69 Å². The van der Waals surface area contributed by atoms with E-state index in [0.29, 0.717) is 6.61 Å². The number of anilines is 1. The minimum atomic E-state index is -0.351. The summed E-state index contributed by atoms with van der Waals surface area (Å²) in [4.78, 5) is 3.89. The second-order valence-corrected chi connectivity index (χ2v) is 5.81. The topological polar surface area (TPSA) is 37.1 Å². The van der Waals surface area contributed by atoms with Crippen molar-refractivity contribution >= 4 is 5.69 Å². The number of aliphatic hydroxyl groups excluding tert-OH is 1. The van der Waals surface area contributed by atoms with Crippen molar-refractivity contribution in [2.75, 3.05) is 44.2 Å². The zero-order chi connectivity index (χ0) is 14.4. The molecule has 2 N–H and O–H groups in total. The van der Waals surface area contributed by atoms with Gasteiger partial charge in [-0.15, -0.1) is 0 Å². The van der Waals surface area contributed by atoms with Gasteiger partial charge in [0.05, 0.1) is 38.9 Å². The number of benzene rings is 1. The van der Waals surface area contributed by atoms with Crippen LogP contribution in [0.1, 0.15) is 13.8 Å². The minimum Gasteiger partial charge on any atom is -0.385 e. The third-order valence-electron chi connectivity index (χ3n) is 3.74. The first-order valence-electron chi connectivity index (χ1n) is 7.58. The average molecular weight is 279 g/mol. The van der Waals surface area contributed by atoms with Crippen molar-refractivity contribution < 1.29 is 14.7 Å². The molecule has 1 aliphatic heterocycles. The van der Waals surface area contributed by atoms with Gasteiger partial charge in [-0.2, -0.15) is 0 Å². The molecule has 0 amide bonds. The Morgan fingerprint density at radius 1 is 1.20 bits per heavy atom. The first-order valence-corrected chi connectivity index (χ1v) is 7.58. The summed E-state index contributed by atoms with van der Waals surface area (Å²) in [6, 6.07) is 10.5. The van der Waals surface area contributed by atoms with Crippen LogP contribution in [-0.2, 0) is 4.74 Å². The van der Waals surface area contributed by atoms with Crippen LogP contribution in [0.25, 0.3) is 0 Å². The molecule has 1 saturated heterocycles. The van der Waals surface area contributed by atoms with Crippen LogP contribution in [0, 0.1) is 0 Å². The van der Waals surface area contributed by atoms with Crippen molar-refractivity contribution in [3.63, 3.8) is 0 Å². The van der Waals surface area contributed by atoms with Crippen LogP contribution in [0.15, 0.2) is 30.3 Å². The largest absolute Gasteiger partial charge is 0.385 e. The molecule has 1 fully saturated rings. The molecular formula is C16H27N2O2+. The molecule has 4 heteroatoms. The lowest BCUT2D eigenvalue weighted by Crippen LogP contribution is -3.16. The molecular weight excluding hydrogens is 252 g/mol. The van der Waals surface area contributed by atoms with Crippen LogP contribution in [0.5, 0.6) is 0 Å². The van der Waals surface area contributed by atoms with Crippen molar-refractivity contribution in [2.45, 2.75) is 26.1 Å². The standard InChI is InChI=1S/C16H26N2O2/c1-14(2)20-13-16(19)12-17-8-10-18(11-9-17)15-6-4-3-5-7-15/h3-7,14,16,19H,8-13H2,1-2H3/p+1. The minimum absolute atomic E-state index is 0.189. The molecule has 20 heavy (non-hydrogen) atoms. The Labute approximate surface area is 122 Å². The summed E-state index contributed by atoms with van der Waals surface area (Å²) in [5.74, 6) is 0. The lowest BCUT2D eigenvalue weighted by molar-refractivity contribution is -0.903. The quantitative estimate of drug-likeness (QED) is 0.780. The van der Waals surface area contributed by atoms with Gasteiger partial charge in [-0.05, 0) is 26.0 Å². The van der Waals surface area contributed by atoms with Crippen LogP contribution in [-0.4, -0.2) is 56.6 Å². The molecule has 1 aromatic carbocycles. The highest BCUT2D eigenvalue weighted by Crippen LogP contribution is 2.12. The van der Waals surface area contributed by atoms with E-state index >= 15 is 0 Å². The van der Waals surface area contributed by atoms with Gasteiger partial charge in [0.15, 0.2) is 0 Å². The second-order valence-electron chi connectivity index (χ2n) is 5.81. The number of rotatable bonds is 6. The summed E-state index contributed by atoms with van der Waals surface area (Å²) in [6.07, 6.45) is -0.162. The number of hydrogen-bond acceptors (Lipinski definition) is 3. The van der Waals surface area contributed by atoms with Gasteiger partial charge < -0.3 is 19.6 Å². The van der Waals surface area contributed by atoms with Crippen LogP contribution in [0.3, 0.4) is 0 Å². The van der Waals surface area contributed by atoms with Crippen LogP contribution < -0.4 is 9.80 Å². The third kappa shape index (κ3) is 4.78. The Morgan fingerprint density at radius 3 is 2.45 bits per heavy atom. The lowest BCUT2D eigenvalue weighted by Gasteiger charge is -2.34. The monoisotopic (exact) mass is 279 g/mol. The van der Waals surface area contributed by atoms with Gasteiger partial charge in [0, 0.05) is 5.69 Å². The Kier molecular flexibility index (Phi) is 5.83.